The van der Waals surface area contributed by atoms with Crippen LogP contribution in [0.4, 0.5) is 0 Å². The first kappa shape index (κ1) is 28.2. The van der Waals surface area contributed by atoms with E-state index in [4.69, 9.17) is 14.2 Å². The second kappa shape index (κ2) is 12.1. The molecule has 2 heterocycles. The SMILES string of the molecule is CCOC(=O)C1=C(C)N=c2s/c(=C\c3ccccc3OCc3cccc4ccccc34)c(=O)n2[C@@H]1c1ccccc1OC. The number of hydrogen-bond donors (Lipinski definition) is 0. The van der Waals surface area contributed by atoms with E-state index in [2.05, 4.69) is 29.3 Å². The van der Waals surface area contributed by atoms with Gasteiger partial charge >= 0.3 is 5.97 Å². The monoisotopic (exact) mass is 590 g/mol. The lowest BCUT2D eigenvalue weighted by molar-refractivity contribution is -0.139. The van der Waals surface area contributed by atoms with Crippen LogP contribution in [0, 0.1) is 0 Å². The summed E-state index contributed by atoms with van der Waals surface area (Å²) in [4.78, 5) is 32.5. The molecule has 5 aromatic rings. The summed E-state index contributed by atoms with van der Waals surface area (Å²) in [6, 6.07) is 28.6. The van der Waals surface area contributed by atoms with Crippen molar-refractivity contribution in [3.8, 4) is 11.5 Å². The molecule has 8 heteroatoms. The molecule has 1 atom stereocenters. The Kier molecular flexibility index (Phi) is 7.94. The number of para-hydroxylation sites is 2. The molecule has 0 fully saturated rings. The Morgan fingerprint density at radius 2 is 1.67 bits per heavy atom. The summed E-state index contributed by atoms with van der Waals surface area (Å²) < 4.78 is 19.4. The molecule has 43 heavy (non-hydrogen) atoms. The molecule has 0 amide bonds. The number of ether oxygens (including phenoxy) is 3. The lowest BCUT2D eigenvalue weighted by Crippen LogP contribution is -2.40. The van der Waals surface area contributed by atoms with Gasteiger partial charge in [0.05, 0.1) is 29.5 Å². The molecule has 0 N–H and O–H groups in total. The van der Waals surface area contributed by atoms with Gasteiger partial charge in [0.15, 0.2) is 4.80 Å². The largest absolute Gasteiger partial charge is 0.496 e. The lowest BCUT2D eigenvalue weighted by Gasteiger charge is -2.25. The highest BCUT2D eigenvalue weighted by molar-refractivity contribution is 7.07. The highest BCUT2D eigenvalue weighted by atomic mass is 32.1. The number of esters is 1. The zero-order valence-corrected chi connectivity index (χ0v) is 24.9. The van der Waals surface area contributed by atoms with Gasteiger partial charge in [0.2, 0.25) is 0 Å². The van der Waals surface area contributed by atoms with Crippen molar-refractivity contribution in [3.05, 3.63) is 139 Å². The maximum absolute atomic E-state index is 14.1. The van der Waals surface area contributed by atoms with E-state index in [1.807, 2.05) is 72.8 Å². The quantitative estimate of drug-likeness (QED) is 0.222. The maximum atomic E-state index is 14.1. The average Bonchev–Trinajstić information content (AvgIpc) is 3.33. The molecular formula is C35H30N2O5S. The molecule has 4 aromatic carbocycles. The number of carbonyl (C=O) groups is 1. The Morgan fingerprint density at radius 1 is 0.953 bits per heavy atom. The molecule has 0 spiro atoms. The fraction of sp³-hybridized carbons (Fsp3) is 0.171. The standard InChI is InChI=1S/C35H30N2O5S/c1-4-41-34(39)31-22(2)36-35-37(32(31)27-17-8-10-19-29(27)40-3)33(38)30(43-35)20-24-13-6-9-18-28(24)42-21-25-15-11-14-23-12-5-7-16-26(23)25/h5-20,32H,4,21H2,1-3H3/b30-20-/t32-/m1/s1. The number of rotatable bonds is 8. The van der Waals surface area contributed by atoms with Crippen LogP contribution in [0.3, 0.4) is 0 Å². The average molecular weight is 591 g/mol. The predicted molar refractivity (Wildman–Crippen MR) is 168 cm³/mol. The van der Waals surface area contributed by atoms with E-state index in [1.54, 1.807) is 25.5 Å². The maximum Gasteiger partial charge on any atom is 0.338 e. The summed E-state index contributed by atoms with van der Waals surface area (Å²) in [5, 5.41) is 2.29. The summed E-state index contributed by atoms with van der Waals surface area (Å²) in [5.41, 5.74) is 3.06. The van der Waals surface area contributed by atoms with Crippen molar-refractivity contribution in [2.45, 2.75) is 26.5 Å². The van der Waals surface area contributed by atoms with E-state index in [0.717, 1.165) is 21.9 Å². The first-order valence-corrected chi connectivity index (χ1v) is 14.8. The van der Waals surface area contributed by atoms with Gasteiger partial charge in [0.1, 0.15) is 24.1 Å². The molecule has 1 aliphatic rings. The summed E-state index contributed by atoms with van der Waals surface area (Å²) in [6.45, 7) is 4.10. The van der Waals surface area contributed by atoms with Gasteiger partial charge in [-0.2, -0.15) is 0 Å². The molecule has 0 aliphatic carbocycles. The van der Waals surface area contributed by atoms with E-state index >= 15 is 0 Å². The number of fused-ring (bicyclic) bond motifs is 2. The molecule has 0 bridgehead atoms. The Morgan fingerprint density at radius 3 is 2.49 bits per heavy atom. The van der Waals surface area contributed by atoms with E-state index in [-0.39, 0.29) is 12.2 Å². The van der Waals surface area contributed by atoms with Crippen LogP contribution in [0.25, 0.3) is 16.8 Å². The summed E-state index contributed by atoms with van der Waals surface area (Å²) in [5.74, 6) is 0.706. The fourth-order valence-electron chi connectivity index (χ4n) is 5.42. The minimum Gasteiger partial charge on any atom is -0.496 e. The second-order valence-corrected chi connectivity index (χ2v) is 11.0. The van der Waals surface area contributed by atoms with Gasteiger partial charge in [-0.05, 0) is 48.4 Å². The number of nitrogens with zero attached hydrogens (tertiary/aromatic N) is 2. The third-order valence-electron chi connectivity index (χ3n) is 7.42. The van der Waals surface area contributed by atoms with Crippen molar-refractivity contribution in [3.63, 3.8) is 0 Å². The number of allylic oxidation sites excluding steroid dienone is 1. The Hall–Kier alpha value is -4.95. The van der Waals surface area contributed by atoms with Gasteiger partial charge in [-0.1, -0.05) is 90.2 Å². The van der Waals surface area contributed by atoms with Crippen LogP contribution in [0.15, 0.2) is 112 Å². The number of hydrogen-bond acceptors (Lipinski definition) is 7. The van der Waals surface area contributed by atoms with Crippen molar-refractivity contribution < 1.29 is 19.0 Å². The van der Waals surface area contributed by atoms with Crippen LogP contribution in [-0.2, 0) is 16.1 Å². The van der Waals surface area contributed by atoms with Crippen molar-refractivity contribution in [1.29, 1.82) is 0 Å². The number of carbonyl (C=O) groups excluding carboxylic acids is 1. The first-order chi connectivity index (χ1) is 21.0. The van der Waals surface area contributed by atoms with Crippen LogP contribution >= 0.6 is 11.3 Å². The van der Waals surface area contributed by atoms with Crippen LogP contribution in [0.5, 0.6) is 11.5 Å². The van der Waals surface area contributed by atoms with E-state index in [1.165, 1.54) is 11.3 Å². The lowest BCUT2D eigenvalue weighted by atomic mass is 9.95. The van der Waals surface area contributed by atoms with E-state index in [0.29, 0.717) is 44.3 Å². The van der Waals surface area contributed by atoms with Gasteiger partial charge < -0.3 is 14.2 Å². The minimum absolute atomic E-state index is 0.203. The summed E-state index contributed by atoms with van der Waals surface area (Å²) >= 11 is 1.27. The first-order valence-electron chi connectivity index (χ1n) is 14.0. The zero-order chi connectivity index (χ0) is 29.9. The molecule has 7 nitrogen and oxygen atoms in total. The third-order valence-corrected chi connectivity index (χ3v) is 8.40. The zero-order valence-electron chi connectivity index (χ0n) is 24.1. The smallest absolute Gasteiger partial charge is 0.338 e. The van der Waals surface area contributed by atoms with Crippen LogP contribution in [-0.4, -0.2) is 24.3 Å². The van der Waals surface area contributed by atoms with Crippen molar-refractivity contribution >= 4 is 34.2 Å². The fourth-order valence-corrected chi connectivity index (χ4v) is 6.46. The Bertz CT molecular complexity index is 2050. The topological polar surface area (TPSA) is 79.1 Å². The van der Waals surface area contributed by atoms with Gasteiger partial charge in [0, 0.05) is 11.1 Å². The van der Waals surface area contributed by atoms with E-state index < -0.39 is 12.0 Å². The predicted octanol–water partition coefficient (Wildman–Crippen LogP) is 5.54. The van der Waals surface area contributed by atoms with Crippen molar-refractivity contribution in [2.75, 3.05) is 13.7 Å². The number of thiazole rings is 1. The van der Waals surface area contributed by atoms with Crippen LogP contribution in [0.1, 0.15) is 36.6 Å². The molecular weight excluding hydrogens is 560 g/mol. The minimum atomic E-state index is -0.758. The molecule has 0 saturated carbocycles. The number of benzene rings is 4. The van der Waals surface area contributed by atoms with Crippen LogP contribution in [0.2, 0.25) is 0 Å². The Balaban J connectivity index is 1.44. The molecule has 6 rings (SSSR count). The van der Waals surface area contributed by atoms with Gasteiger partial charge in [-0.15, -0.1) is 0 Å². The highest BCUT2D eigenvalue weighted by Gasteiger charge is 2.35. The molecule has 0 unspecified atom stereocenters. The van der Waals surface area contributed by atoms with Gasteiger partial charge in [0.25, 0.3) is 5.56 Å². The molecule has 0 saturated heterocycles. The third kappa shape index (κ3) is 5.37. The molecule has 1 aliphatic heterocycles. The summed E-state index contributed by atoms with van der Waals surface area (Å²) in [6.07, 6.45) is 1.82. The Labute approximate surface area is 252 Å². The second-order valence-electron chi connectivity index (χ2n) is 10.0. The van der Waals surface area contributed by atoms with Gasteiger partial charge in [-0.3, -0.25) is 9.36 Å². The number of methoxy groups -OCH3 is 1. The van der Waals surface area contributed by atoms with Crippen molar-refractivity contribution in [1.82, 2.24) is 4.57 Å². The molecule has 216 valence electrons. The van der Waals surface area contributed by atoms with Crippen molar-refractivity contribution in [2.24, 2.45) is 4.99 Å². The molecule has 1 aromatic heterocycles. The van der Waals surface area contributed by atoms with E-state index in [9.17, 15) is 9.59 Å². The normalized spacial score (nSPS) is 14.8. The van der Waals surface area contributed by atoms with Gasteiger partial charge in [-0.25, -0.2) is 9.79 Å². The molecule has 0 radical (unpaired) electrons. The van der Waals surface area contributed by atoms with Crippen LogP contribution < -0.4 is 24.4 Å². The summed E-state index contributed by atoms with van der Waals surface area (Å²) in [7, 11) is 1.57. The highest BCUT2D eigenvalue weighted by Crippen LogP contribution is 2.35. The number of aromatic nitrogens is 1.